The number of nitrogens with one attached hydrogen (secondary N) is 1. The number of ether oxygens (including phenoxy) is 1. The van der Waals surface area contributed by atoms with E-state index >= 15 is 0 Å². The highest BCUT2D eigenvalue weighted by molar-refractivity contribution is 6.30. The largest absolute Gasteiger partial charge is 0.461 e. The number of halogens is 4. The van der Waals surface area contributed by atoms with Gasteiger partial charge in [0.2, 0.25) is 0 Å². The van der Waals surface area contributed by atoms with Crippen LogP contribution >= 0.6 is 11.6 Å². The Hall–Kier alpha value is -2.06. The Morgan fingerprint density at radius 3 is 2.61 bits per heavy atom. The molecule has 0 radical (unpaired) electrons. The molecule has 1 aromatic heterocycles. The van der Waals surface area contributed by atoms with Crippen LogP contribution < -0.4 is 5.32 Å². The zero-order chi connectivity index (χ0) is 20.3. The molecule has 152 valence electrons. The quantitative estimate of drug-likeness (QED) is 0.501. The summed E-state index contributed by atoms with van der Waals surface area (Å²) in [5.74, 6) is -2.13. The number of rotatable bonds is 9. The summed E-state index contributed by atoms with van der Waals surface area (Å²) < 4.78 is 47.8. The first kappa shape index (κ1) is 20.7. The highest BCUT2D eigenvalue weighted by Gasteiger charge is 2.42. The van der Waals surface area contributed by atoms with E-state index in [-0.39, 0.29) is 36.1 Å². The van der Waals surface area contributed by atoms with Crippen LogP contribution in [0.4, 0.5) is 13.2 Å². The number of esters is 1. The van der Waals surface area contributed by atoms with Gasteiger partial charge < -0.3 is 10.1 Å². The minimum absolute atomic E-state index is 0.00761. The molecule has 0 unspecified atom stereocenters. The average molecular weight is 416 g/mol. The van der Waals surface area contributed by atoms with Crippen molar-refractivity contribution in [2.24, 2.45) is 0 Å². The Bertz CT molecular complexity index is 848. The lowest BCUT2D eigenvalue weighted by atomic mass is 10.1. The van der Waals surface area contributed by atoms with Gasteiger partial charge in [-0.2, -0.15) is 5.10 Å². The second-order valence-electron chi connectivity index (χ2n) is 6.77. The minimum Gasteiger partial charge on any atom is -0.461 e. The number of carbonyl (C=O) groups excluding carboxylic acids is 1. The molecule has 1 aliphatic rings. The third kappa shape index (κ3) is 4.67. The Morgan fingerprint density at radius 2 is 2.00 bits per heavy atom. The molecule has 28 heavy (non-hydrogen) atoms. The van der Waals surface area contributed by atoms with Crippen LogP contribution in [0.3, 0.4) is 0 Å². The normalized spacial score (nSPS) is 14.9. The van der Waals surface area contributed by atoms with E-state index in [0.717, 1.165) is 12.1 Å². The van der Waals surface area contributed by atoms with Crippen molar-refractivity contribution >= 4 is 17.6 Å². The summed E-state index contributed by atoms with van der Waals surface area (Å²) in [5.41, 5.74) is -0.958. The minimum atomic E-state index is -1.14. The van der Waals surface area contributed by atoms with E-state index in [1.807, 2.05) is 0 Å². The van der Waals surface area contributed by atoms with Crippen molar-refractivity contribution in [2.45, 2.75) is 38.4 Å². The maximum atomic E-state index is 14.0. The second kappa shape index (κ2) is 8.53. The Morgan fingerprint density at radius 1 is 1.32 bits per heavy atom. The molecule has 0 saturated heterocycles. The molecule has 9 heteroatoms. The summed E-state index contributed by atoms with van der Waals surface area (Å²) in [4.78, 5) is 12.2. The predicted molar refractivity (Wildman–Crippen MR) is 98.3 cm³/mol. The van der Waals surface area contributed by atoms with Crippen LogP contribution in [0.25, 0.3) is 0 Å². The van der Waals surface area contributed by atoms with Crippen molar-refractivity contribution in [3.05, 3.63) is 51.8 Å². The number of hydrogen-bond donors (Lipinski definition) is 1. The number of alkyl halides is 1. The predicted octanol–water partition coefficient (Wildman–Crippen LogP) is 3.67. The highest BCUT2D eigenvalue weighted by Crippen LogP contribution is 2.38. The fraction of sp³-hybridized carbons (Fsp3) is 0.474. The molecule has 1 N–H and O–H groups in total. The van der Waals surface area contributed by atoms with Gasteiger partial charge in [-0.3, -0.25) is 0 Å². The lowest BCUT2D eigenvalue weighted by molar-refractivity contribution is 0.0517. The van der Waals surface area contributed by atoms with Crippen LogP contribution in [0.5, 0.6) is 0 Å². The van der Waals surface area contributed by atoms with Gasteiger partial charge in [0.15, 0.2) is 5.69 Å². The van der Waals surface area contributed by atoms with Gasteiger partial charge in [-0.05, 0) is 44.9 Å². The molecule has 0 spiro atoms. The van der Waals surface area contributed by atoms with E-state index in [0.29, 0.717) is 31.4 Å². The summed E-state index contributed by atoms with van der Waals surface area (Å²) in [5, 5.41) is 7.21. The lowest BCUT2D eigenvalue weighted by Gasteiger charge is -2.08. The maximum absolute atomic E-state index is 14.0. The molecule has 0 amide bonds. The van der Waals surface area contributed by atoms with Crippen LogP contribution in [0.1, 0.15) is 41.4 Å². The Labute approximate surface area is 165 Å². The number of hydrogen-bond acceptors (Lipinski definition) is 4. The first-order valence-corrected chi connectivity index (χ1v) is 9.47. The van der Waals surface area contributed by atoms with Crippen LogP contribution in [-0.2, 0) is 17.7 Å². The average Bonchev–Trinajstić information content (AvgIpc) is 3.30. The van der Waals surface area contributed by atoms with Crippen LogP contribution in [0, 0.1) is 11.6 Å². The zero-order valence-corrected chi connectivity index (χ0v) is 16.2. The van der Waals surface area contributed by atoms with Crippen LogP contribution in [0.15, 0.2) is 18.2 Å². The molecule has 1 heterocycles. The fourth-order valence-electron chi connectivity index (χ4n) is 2.84. The first-order chi connectivity index (χ1) is 13.3. The molecule has 0 atom stereocenters. The van der Waals surface area contributed by atoms with E-state index in [4.69, 9.17) is 16.3 Å². The smallest absolute Gasteiger partial charge is 0.359 e. The molecule has 1 fully saturated rings. The second-order valence-corrected chi connectivity index (χ2v) is 7.13. The maximum Gasteiger partial charge on any atom is 0.359 e. The van der Waals surface area contributed by atoms with Gasteiger partial charge in [0, 0.05) is 17.7 Å². The third-order valence-electron chi connectivity index (χ3n) is 4.61. The van der Waals surface area contributed by atoms with Crippen molar-refractivity contribution in [3.8, 4) is 0 Å². The number of aromatic nitrogens is 2. The summed E-state index contributed by atoms with van der Waals surface area (Å²) in [7, 11) is 0. The molecule has 1 aromatic carbocycles. The molecule has 0 bridgehead atoms. The molecule has 0 aliphatic heterocycles. The molecule has 1 aliphatic carbocycles. The number of carbonyl (C=O) groups is 1. The van der Waals surface area contributed by atoms with E-state index in [2.05, 4.69) is 10.4 Å². The van der Waals surface area contributed by atoms with Gasteiger partial charge in [0.05, 0.1) is 13.2 Å². The summed E-state index contributed by atoms with van der Waals surface area (Å²) in [6.07, 6.45) is 1.38. The fourth-order valence-corrected chi connectivity index (χ4v) is 3.12. The van der Waals surface area contributed by atoms with Gasteiger partial charge in [-0.25, -0.2) is 22.6 Å². The number of benzene rings is 1. The summed E-state index contributed by atoms with van der Waals surface area (Å²) in [6, 6.07) is 3.53. The van der Waals surface area contributed by atoms with Gasteiger partial charge >= 0.3 is 5.97 Å². The monoisotopic (exact) mass is 415 g/mol. The van der Waals surface area contributed by atoms with Gasteiger partial charge in [0.25, 0.3) is 0 Å². The third-order valence-corrected chi connectivity index (χ3v) is 5.03. The molecule has 3 rings (SSSR count). The van der Waals surface area contributed by atoms with Gasteiger partial charge in [-0.15, -0.1) is 0 Å². The van der Waals surface area contributed by atoms with Crippen molar-refractivity contribution in [1.82, 2.24) is 15.1 Å². The van der Waals surface area contributed by atoms with Crippen molar-refractivity contribution < 1.29 is 22.7 Å². The van der Waals surface area contributed by atoms with Gasteiger partial charge in [-0.1, -0.05) is 17.7 Å². The lowest BCUT2D eigenvalue weighted by Crippen LogP contribution is -2.27. The van der Waals surface area contributed by atoms with Crippen molar-refractivity contribution in [3.63, 3.8) is 0 Å². The van der Waals surface area contributed by atoms with Gasteiger partial charge in [0.1, 0.15) is 22.5 Å². The SMILES string of the molecule is CCOC(=O)c1nn(Cc2c(F)cccc2F)c(Cl)c1CCNCC1(F)CC1. The summed E-state index contributed by atoms with van der Waals surface area (Å²) in [6.45, 7) is 2.13. The van der Waals surface area contributed by atoms with E-state index in [9.17, 15) is 18.0 Å². The first-order valence-electron chi connectivity index (χ1n) is 9.09. The molecule has 5 nitrogen and oxygen atoms in total. The van der Waals surface area contributed by atoms with E-state index in [1.165, 1.54) is 10.7 Å². The van der Waals surface area contributed by atoms with E-state index < -0.39 is 23.3 Å². The molecule has 2 aromatic rings. The van der Waals surface area contributed by atoms with Crippen LogP contribution in [-0.4, -0.2) is 41.1 Å². The molecule has 1 saturated carbocycles. The highest BCUT2D eigenvalue weighted by atomic mass is 35.5. The van der Waals surface area contributed by atoms with Crippen molar-refractivity contribution in [2.75, 3.05) is 19.7 Å². The zero-order valence-electron chi connectivity index (χ0n) is 15.4. The summed E-state index contributed by atoms with van der Waals surface area (Å²) >= 11 is 6.36. The topological polar surface area (TPSA) is 56.1 Å². The molecular formula is C19H21ClF3N3O2. The number of nitrogens with zero attached hydrogens (tertiary/aromatic N) is 2. The molecular weight excluding hydrogens is 395 g/mol. The Kier molecular flexibility index (Phi) is 6.30. The standard InChI is InChI=1S/C19H21ClF3N3O2/c1-2-28-18(27)16-12(6-9-24-11-19(23)7-8-19)17(20)26(25-16)10-13-14(21)4-3-5-15(13)22/h3-5,24H,2,6-11H2,1H3. The van der Waals surface area contributed by atoms with E-state index in [1.54, 1.807) is 6.92 Å². The van der Waals surface area contributed by atoms with Crippen LogP contribution in [0.2, 0.25) is 5.15 Å². The van der Waals surface area contributed by atoms with Crippen molar-refractivity contribution in [1.29, 1.82) is 0 Å². The Balaban J connectivity index is 1.81.